The topological polar surface area (TPSA) is 107 Å². The Morgan fingerprint density at radius 2 is 2.10 bits per heavy atom. The third-order valence-electron chi connectivity index (χ3n) is 3.41. The molecule has 0 saturated carbocycles. The molecule has 1 aliphatic heterocycles. The maximum Gasteiger partial charge on any atom is 0.269 e. The van der Waals surface area contributed by atoms with Crippen LogP contribution in [0.4, 0.5) is 5.69 Å². The molecule has 0 aromatic heterocycles. The van der Waals surface area contributed by atoms with Crippen LogP contribution >= 0.6 is 12.4 Å². The van der Waals surface area contributed by atoms with E-state index in [1.165, 1.54) is 22.5 Å². The van der Waals surface area contributed by atoms with Gasteiger partial charge in [0, 0.05) is 31.3 Å². The van der Waals surface area contributed by atoms with Crippen molar-refractivity contribution in [3.8, 4) is 0 Å². The van der Waals surface area contributed by atoms with Crippen molar-refractivity contribution in [3.05, 3.63) is 33.9 Å². The second-order valence-electron chi connectivity index (χ2n) is 4.97. The summed E-state index contributed by atoms with van der Waals surface area (Å²) in [6, 6.07) is 3.63. The van der Waals surface area contributed by atoms with Gasteiger partial charge in [0.15, 0.2) is 0 Å². The first-order valence-electron chi connectivity index (χ1n) is 6.33. The Balaban J connectivity index is 0.00000220. The molecular weight excluding hydrogens is 318 g/mol. The zero-order valence-corrected chi connectivity index (χ0v) is 13.2. The van der Waals surface area contributed by atoms with Crippen molar-refractivity contribution in [1.82, 2.24) is 4.31 Å². The molecule has 0 spiro atoms. The Morgan fingerprint density at radius 1 is 1.43 bits per heavy atom. The molecule has 1 aromatic carbocycles. The van der Waals surface area contributed by atoms with Gasteiger partial charge in [-0.1, -0.05) is 0 Å². The zero-order valence-electron chi connectivity index (χ0n) is 11.6. The number of benzene rings is 1. The number of sulfonamides is 1. The van der Waals surface area contributed by atoms with Crippen LogP contribution in [0.1, 0.15) is 18.4 Å². The number of nitro benzene ring substituents is 1. The summed E-state index contributed by atoms with van der Waals surface area (Å²) in [4.78, 5) is 10.3. The van der Waals surface area contributed by atoms with Gasteiger partial charge in [-0.25, -0.2) is 8.42 Å². The number of halogens is 1. The lowest BCUT2D eigenvalue weighted by Crippen LogP contribution is -2.45. The van der Waals surface area contributed by atoms with Gasteiger partial charge in [-0.05, 0) is 31.4 Å². The quantitative estimate of drug-likeness (QED) is 0.664. The van der Waals surface area contributed by atoms with Gasteiger partial charge in [0.05, 0.1) is 9.82 Å². The van der Waals surface area contributed by atoms with Crippen LogP contribution in [0.3, 0.4) is 0 Å². The van der Waals surface area contributed by atoms with E-state index in [0.717, 1.165) is 12.8 Å². The molecule has 1 saturated heterocycles. The summed E-state index contributed by atoms with van der Waals surface area (Å²) in [6.45, 7) is 2.29. The first kappa shape index (κ1) is 17.8. The first-order valence-corrected chi connectivity index (χ1v) is 7.77. The first-order chi connectivity index (χ1) is 9.32. The minimum Gasteiger partial charge on any atom is -0.327 e. The molecule has 1 aromatic rings. The average Bonchev–Trinajstić information content (AvgIpc) is 2.38. The summed E-state index contributed by atoms with van der Waals surface area (Å²) in [6.07, 6.45) is 1.54. The van der Waals surface area contributed by atoms with Crippen LogP contribution in [0.5, 0.6) is 0 Å². The van der Waals surface area contributed by atoms with E-state index in [0.29, 0.717) is 18.7 Å². The van der Waals surface area contributed by atoms with Gasteiger partial charge in [0.1, 0.15) is 0 Å². The van der Waals surface area contributed by atoms with Crippen LogP contribution in [-0.2, 0) is 10.0 Å². The molecule has 1 fully saturated rings. The Morgan fingerprint density at radius 3 is 2.62 bits per heavy atom. The predicted octanol–water partition coefficient (Wildman–Crippen LogP) is 1.44. The molecular formula is C12H18ClN3O4S. The van der Waals surface area contributed by atoms with Crippen LogP contribution < -0.4 is 5.73 Å². The average molecular weight is 336 g/mol. The van der Waals surface area contributed by atoms with Crippen LogP contribution in [0.25, 0.3) is 0 Å². The minimum absolute atomic E-state index is 0. The Labute approximate surface area is 129 Å². The summed E-state index contributed by atoms with van der Waals surface area (Å²) < 4.78 is 26.4. The van der Waals surface area contributed by atoms with Crippen molar-refractivity contribution in [2.75, 3.05) is 13.1 Å². The third kappa shape index (κ3) is 3.70. The summed E-state index contributed by atoms with van der Waals surface area (Å²) in [5.74, 6) is 0. The molecule has 0 radical (unpaired) electrons. The maximum absolute atomic E-state index is 12.5. The van der Waals surface area contributed by atoms with Gasteiger partial charge in [-0.3, -0.25) is 10.1 Å². The van der Waals surface area contributed by atoms with E-state index < -0.39 is 14.9 Å². The lowest BCUT2D eigenvalue weighted by atomic mass is 10.1. The fourth-order valence-corrected chi connectivity index (χ4v) is 4.11. The molecule has 1 atom stereocenters. The highest BCUT2D eigenvalue weighted by Gasteiger charge is 2.30. The highest BCUT2D eigenvalue weighted by Crippen LogP contribution is 2.25. The second-order valence-corrected chi connectivity index (χ2v) is 6.88. The fourth-order valence-electron chi connectivity index (χ4n) is 2.37. The predicted molar refractivity (Wildman–Crippen MR) is 81.0 cm³/mol. The van der Waals surface area contributed by atoms with E-state index >= 15 is 0 Å². The van der Waals surface area contributed by atoms with Crippen molar-refractivity contribution >= 4 is 28.1 Å². The van der Waals surface area contributed by atoms with Crippen molar-refractivity contribution in [2.45, 2.75) is 30.7 Å². The molecule has 1 unspecified atom stereocenters. The summed E-state index contributed by atoms with van der Waals surface area (Å²) in [5.41, 5.74) is 6.07. The lowest BCUT2D eigenvalue weighted by molar-refractivity contribution is -0.385. The van der Waals surface area contributed by atoms with Crippen molar-refractivity contribution < 1.29 is 13.3 Å². The standard InChI is InChI=1S/C12H17N3O4S.ClH/c1-9-7-11(15(16)17)4-5-12(9)20(18,19)14-6-2-3-10(13)8-14;/h4-5,7,10H,2-3,6,8,13H2,1H3;1H. The van der Waals surface area contributed by atoms with Gasteiger partial charge in [-0.15, -0.1) is 12.4 Å². The maximum atomic E-state index is 12.5. The third-order valence-corrected chi connectivity index (χ3v) is 5.43. The van der Waals surface area contributed by atoms with Crippen molar-refractivity contribution in [2.24, 2.45) is 5.73 Å². The summed E-state index contributed by atoms with van der Waals surface area (Å²) in [5, 5.41) is 10.7. The lowest BCUT2D eigenvalue weighted by Gasteiger charge is -2.30. The Kier molecular flexibility index (Phi) is 5.68. The number of hydrogen-bond donors (Lipinski definition) is 1. The summed E-state index contributed by atoms with van der Waals surface area (Å²) in [7, 11) is -3.64. The van der Waals surface area contributed by atoms with Gasteiger partial charge >= 0.3 is 0 Å². The molecule has 2 N–H and O–H groups in total. The van der Waals surface area contributed by atoms with E-state index in [4.69, 9.17) is 5.73 Å². The van der Waals surface area contributed by atoms with Gasteiger partial charge in [-0.2, -0.15) is 4.31 Å². The number of nitro groups is 1. The number of nitrogens with two attached hydrogens (primary N) is 1. The van der Waals surface area contributed by atoms with E-state index in [9.17, 15) is 18.5 Å². The van der Waals surface area contributed by atoms with Crippen LogP contribution in [-0.4, -0.2) is 36.8 Å². The van der Waals surface area contributed by atoms with E-state index in [2.05, 4.69) is 0 Å². The number of aryl methyl sites for hydroxylation is 1. The molecule has 21 heavy (non-hydrogen) atoms. The largest absolute Gasteiger partial charge is 0.327 e. The van der Waals surface area contributed by atoms with E-state index in [1.54, 1.807) is 6.92 Å². The number of rotatable bonds is 3. The highest BCUT2D eigenvalue weighted by atomic mass is 35.5. The number of non-ortho nitro benzene ring substituents is 1. The van der Waals surface area contributed by atoms with Crippen molar-refractivity contribution in [3.63, 3.8) is 0 Å². The molecule has 9 heteroatoms. The number of hydrogen-bond acceptors (Lipinski definition) is 5. The molecule has 118 valence electrons. The van der Waals surface area contributed by atoms with Gasteiger partial charge < -0.3 is 5.73 Å². The van der Waals surface area contributed by atoms with Gasteiger partial charge in [0.2, 0.25) is 10.0 Å². The minimum atomic E-state index is -3.64. The SMILES string of the molecule is Cc1cc([N+](=O)[O-])ccc1S(=O)(=O)N1CCCC(N)C1.Cl. The van der Waals surface area contributed by atoms with Crippen LogP contribution in [0, 0.1) is 17.0 Å². The van der Waals surface area contributed by atoms with E-state index in [1.807, 2.05) is 0 Å². The van der Waals surface area contributed by atoms with E-state index in [-0.39, 0.29) is 29.0 Å². The number of piperidine rings is 1. The molecule has 0 bridgehead atoms. The molecule has 1 aliphatic rings. The van der Waals surface area contributed by atoms with Crippen LogP contribution in [0.2, 0.25) is 0 Å². The Bertz CT molecular complexity index is 635. The van der Waals surface area contributed by atoms with Crippen LogP contribution in [0.15, 0.2) is 23.1 Å². The van der Waals surface area contributed by atoms with Crippen molar-refractivity contribution in [1.29, 1.82) is 0 Å². The summed E-state index contributed by atoms with van der Waals surface area (Å²) >= 11 is 0. The Hall–Kier alpha value is -1.22. The fraction of sp³-hybridized carbons (Fsp3) is 0.500. The monoisotopic (exact) mass is 335 g/mol. The molecule has 0 amide bonds. The normalized spacial score (nSPS) is 19.8. The second kappa shape index (κ2) is 6.69. The smallest absolute Gasteiger partial charge is 0.269 e. The number of nitrogens with zero attached hydrogens (tertiary/aromatic N) is 2. The molecule has 7 nitrogen and oxygen atoms in total. The molecule has 1 heterocycles. The zero-order chi connectivity index (χ0) is 14.9. The molecule has 0 aliphatic carbocycles. The van der Waals surface area contributed by atoms with Gasteiger partial charge in [0.25, 0.3) is 5.69 Å². The molecule has 2 rings (SSSR count). The highest BCUT2D eigenvalue weighted by molar-refractivity contribution is 7.89.